The van der Waals surface area contributed by atoms with Crippen molar-refractivity contribution in [2.24, 2.45) is 0 Å². The fourth-order valence-corrected chi connectivity index (χ4v) is 1.18. The number of anilines is 1. The fraction of sp³-hybridized carbons (Fsp3) is 0.182. The number of aromatic nitrogens is 3. The van der Waals surface area contributed by atoms with E-state index in [9.17, 15) is 0 Å². The van der Waals surface area contributed by atoms with Gasteiger partial charge in [0.05, 0.1) is 11.8 Å². The van der Waals surface area contributed by atoms with E-state index in [1.54, 1.807) is 6.20 Å². The molecule has 0 fully saturated rings. The molecule has 0 aromatic carbocycles. The number of aryl methyl sites for hydroxylation is 1. The zero-order valence-electron chi connectivity index (χ0n) is 9.14. The third-order valence-corrected chi connectivity index (χ3v) is 2.18. The van der Waals surface area contributed by atoms with E-state index in [1.165, 1.54) is 6.33 Å². The average Bonchev–Trinajstić information content (AvgIpc) is 2.28. The van der Waals surface area contributed by atoms with E-state index >= 15 is 0 Å². The maximum Gasteiger partial charge on any atom is 0.227 e. The molecule has 0 aliphatic heterocycles. The first-order valence-corrected chi connectivity index (χ1v) is 4.84. The largest absolute Gasteiger partial charge is 0.437 e. The van der Waals surface area contributed by atoms with Gasteiger partial charge in [-0.25, -0.2) is 9.97 Å². The minimum Gasteiger partial charge on any atom is -0.437 e. The van der Waals surface area contributed by atoms with Crippen LogP contribution in [0.3, 0.4) is 0 Å². The summed E-state index contributed by atoms with van der Waals surface area (Å²) in [7, 11) is 0. The Labute approximate surface area is 93.3 Å². The van der Waals surface area contributed by atoms with Gasteiger partial charge in [0.2, 0.25) is 5.88 Å². The Morgan fingerprint density at radius 2 is 1.94 bits per heavy atom. The predicted molar refractivity (Wildman–Crippen MR) is 60.2 cm³/mol. The number of hydrogen-bond donors (Lipinski definition) is 1. The average molecular weight is 216 g/mol. The number of ether oxygens (including phenoxy) is 1. The van der Waals surface area contributed by atoms with Crippen molar-refractivity contribution in [3.05, 3.63) is 35.9 Å². The van der Waals surface area contributed by atoms with Crippen LogP contribution in [0.1, 0.15) is 11.3 Å². The molecule has 0 saturated carbocycles. The van der Waals surface area contributed by atoms with Crippen LogP contribution in [0, 0.1) is 13.8 Å². The van der Waals surface area contributed by atoms with Crippen molar-refractivity contribution in [1.29, 1.82) is 0 Å². The molecule has 2 aromatic rings. The predicted octanol–water partition coefficient (Wildman–Crippen LogP) is 1.86. The molecule has 2 rings (SSSR count). The van der Waals surface area contributed by atoms with Gasteiger partial charge in [0, 0.05) is 5.69 Å². The molecular formula is C11H12N4O. The minimum absolute atomic E-state index is 0.421. The smallest absolute Gasteiger partial charge is 0.227 e. The first-order valence-electron chi connectivity index (χ1n) is 4.84. The lowest BCUT2D eigenvalue weighted by Gasteiger charge is -2.07. The van der Waals surface area contributed by atoms with Gasteiger partial charge < -0.3 is 10.5 Å². The van der Waals surface area contributed by atoms with Crippen molar-refractivity contribution < 1.29 is 4.74 Å². The summed E-state index contributed by atoms with van der Waals surface area (Å²) in [6.07, 6.45) is 3.02. The molecule has 5 nitrogen and oxygen atoms in total. The van der Waals surface area contributed by atoms with E-state index in [0.29, 0.717) is 17.4 Å². The quantitative estimate of drug-likeness (QED) is 0.829. The molecule has 2 heterocycles. The number of nitrogens with zero attached hydrogens (tertiary/aromatic N) is 3. The van der Waals surface area contributed by atoms with Gasteiger partial charge in [0.1, 0.15) is 17.9 Å². The van der Waals surface area contributed by atoms with Crippen molar-refractivity contribution in [1.82, 2.24) is 15.0 Å². The Balaban J connectivity index is 2.27. The third kappa shape index (κ3) is 2.08. The number of nitrogens with two attached hydrogens (primary N) is 1. The molecular weight excluding hydrogens is 204 g/mol. The van der Waals surface area contributed by atoms with E-state index in [0.717, 1.165) is 11.3 Å². The Hall–Kier alpha value is -2.17. The van der Waals surface area contributed by atoms with Crippen molar-refractivity contribution in [2.75, 3.05) is 5.73 Å². The molecule has 2 aromatic heterocycles. The van der Waals surface area contributed by atoms with Crippen LogP contribution < -0.4 is 10.5 Å². The van der Waals surface area contributed by atoms with Crippen molar-refractivity contribution >= 4 is 5.82 Å². The Kier molecular flexibility index (Phi) is 2.68. The zero-order chi connectivity index (χ0) is 11.5. The molecule has 0 spiro atoms. The minimum atomic E-state index is 0.421. The molecule has 16 heavy (non-hydrogen) atoms. The highest BCUT2D eigenvalue weighted by molar-refractivity contribution is 5.44. The highest BCUT2D eigenvalue weighted by Crippen LogP contribution is 2.23. The summed E-state index contributed by atoms with van der Waals surface area (Å²) in [4.78, 5) is 12.0. The van der Waals surface area contributed by atoms with Gasteiger partial charge in [-0.2, -0.15) is 0 Å². The molecule has 0 aliphatic rings. The monoisotopic (exact) mass is 216 g/mol. The van der Waals surface area contributed by atoms with Crippen LogP contribution in [-0.2, 0) is 0 Å². The Bertz CT molecular complexity index is 496. The third-order valence-electron chi connectivity index (χ3n) is 2.18. The standard InChI is InChI=1S/C11H12N4O/c1-7-3-4-9(5-13-7)16-11-8(2)10(12)14-6-15-11/h3-6H,1-2H3,(H2,12,14,15). The van der Waals surface area contributed by atoms with Crippen LogP contribution in [0.2, 0.25) is 0 Å². The van der Waals surface area contributed by atoms with Gasteiger partial charge in [0.25, 0.3) is 0 Å². The second-order valence-electron chi connectivity index (χ2n) is 3.43. The van der Waals surface area contributed by atoms with Crippen molar-refractivity contribution in [2.45, 2.75) is 13.8 Å². The van der Waals surface area contributed by atoms with E-state index in [4.69, 9.17) is 10.5 Å². The lowest BCUT2D eigenvalue weighted by atomic mass is 10.3. The van der Waals surface area contributed by atoms with Crippen molar-refractivity contribution in [3.63, 3.8) is 0 Å². The summed E-state index contributed by atoms with van der Waals surface area (Å²) in [5, 5.41) is 0. The number of hydrogen-bond acceptors (Lipinski definition) is 5. The van der Waals surface area contributed by atoms with Crippen LogP contribution in [0.5, 0.6) is 11.6 Å². The van der Waals surface area contributed by atoms with E-state index < -0.39 is 0 Å². The molecule has 0 bridgehead atoms. The van der Waals surface area contributed by atoms with Gasteiger partial charge >= 0.3 is 0 Å². The summed E-state index contributed by atoms with van der Waals surface area (Å²) in [6, 6.07) is 3.70. The Morgan fingerprint density at radius 1 is 1.12 bits per heavy atom. The van der Waals surface area contributed by atoms with Gasteiger partial charge in [-0.05, 0) is 26.0 Å². The van der Waals surface area contributed by atoms with Crippen LogP contribution in [0.4, 0.5) is 5.82 Å². The Morgan fingerprint density at radius 3 is 2.62 bits per heavy atom. The maximum atomic E-state index is 5.65. The first kappa shape index (κ1) is 10.4. The molecule has 0 radical (unpaired) electrons. The highest BCUT2D eigenvalue weighted by atomic mass is 16.5. The van der Waals surface area contributed by atoms with Gasteiger partial charge in [-0.15, -0.1) is 0 Å². The van der Waals surface area contributed by atoms with Gasteiger partial charge in [-0.1, -0.05) is 0 Å². The molecule has 2 N–H and O–H groups in total. The summed E-state index contributed by atoms with van der Waals surface area (Å²) in [5.74, 6) is 1.51. The molecule has 0 unspecified atom stereocenters. The highest BCUT2D eigenvalue weighted by Gasteiger charge is 2.06. The molecule has 82 valence electrons. The van der Waals surface area contributed by atoms with E-state index in [-0.39, 0.29) is 0 Å². The summed E-state index contributed by atoms with van der Waals surface area (Å²) in [6.45, 7) is 3.73. The van der Waals surface area contributed by atoms with Crippen LogP contribution >= 0.6 is 0 Å². The molecule has 0 amide bonds. The first-order chi connectivity index (χ1) is 7.66. The normalized spacial score (nSPS) is 10.1. The molecule has 0 atom stereocenters. The van der Waals surface area contributed by atoms with E-state index in [2.05, 4.69) is 15.0 Å². The summed E-state index contributed by atoms with van der Waals surface area (Å²) in [5.41, 5.74) is 7.31. The number of rotatable bonds is 2. The maximum absolute atomic E-state index is 5.65. The molecule has 5 heteroatoms. The van der Waals surface area contributed by atoms with Crippen LogP contribution in [-0.4, -0.2) is 15.0 Å². The second-order valence-corrected chi connectivity index (χ2v) is 3.43. The van der Waals surface area contributed by atoms with Crippen LogP contribution in [0.15, 0.2) is 24.7 Å². The van der Waals surface area contributed by atoms with E-state index in [1.807, 2.05) is 26.0 Å². The van der Waals surface area contributed by atoms with Gasteiger partial charge in [0.15, 0.2) is 0 Å². The van der Waals surface area contributed by atoms with Crippen molar-refractivity contribution in [3.8, 4) is 11.6 Å². The second kappa shape index (κ2) is 4.14. The fourth-order valence-electron chi connectivity index (χ4n) is 1.18. The molecule has 0 aliphatic carbocycles. The zero-order valence-corrected chi connectivity index (χ0v) is 9.14. The number of pyridine rings is 1. The van der Waals surface area contributed by atoms with Gasteiger partial charge in [-0.3, -0.25) is 4.98 Å². The summed E-state index contributed by atoms with van der Waals surface area (Å²) >= 11 is 0. The summed E-state index contributed by atoms with van der Waals surface area (Å²) < 4.78 is 5.55. The topological polar surface area (TPSA) is 73.9 Å². The van der Waals surface area contributed by atoms with Crippen LogP contribution in [0.25, 0.3) is 0 Å². The lowest BCUT2D eigenvalue weighted by molar-refractivity contribution is 0.455. The SMILES string of the molecule is Cc1ccc(Oc2ncnc(N)c2C)cn1. The molecule has 0 saturated heterocycles. The lowest BCUT2D eigenvalue weighted by Crippen LogP contribution is -1.99. The number of nitrogen functional groups attached to an aromatic ring is 1.